The first-order chi connectivity index (χ1) is 27.0. The fourth-order valence-electron chi connectivity index (χ4n) is 7.99. The van der Waals surface area contributed by atoms with Crippen molar-refractivity contribution in [2.45, 2.75) is 295 Å². The minimum absolute atomic E-state index is 0.0189. The molecular formula is C50H99NO4. The van der Waals surface area contributed by atoms with Crippen LogP contribution >= 0.6 is 0 Å². The summed E-state index contributed by atoms with van der Waals surface area (Å²) in [5.74, 6) is -0.311. The van der Waals surface area contributed by atoms with E-state index in [-0.39, 0.29) is 18.9 Å². The highest BCUT2D eigenvalue weighted by Crippen LogP contribution is 2.17. The van der Waals surface area contributed by atoms with Crippen LogP contribution in [-0.4, -0.2) is 46.1 Å². The molecule has 4 N–H and O–H groups in total. The standard InChI is InChI=1S/C50H99NO4/c1-3-5-7-9-11-13-15-17-18-19-20-21-22-23-24-25-26-27-28-29-30-31-32-33-35-37-39-41-43-47(53)45-50(55)51-48(46-52)49(54)44-42-40-38-36-34-16-14-12-10-8-6-4-2/h42,44,47-49,52-54H,3-41,43,45-46H2,1-2H3,(H,51,55)/b44-42+. The second-order valence-corrected chi connectivity index (χ2v) is 17.4. The first-order valence-corrected chi connectivity index (χ1v) is 25.0. The van der Waals surface area contributed by atoms with Gasteiger partial charge in [0.25, 0.3) is 0 Å². The fraction of sp³-hybridized carbons (Fsp3) is 0.940. The van der Waals surface area contributed by atoms with Crippen LogP contribution in [0.5, 0.6) is 0 Å². The van der Waals surface area contributed by atoms with E-state index >= 15 is 0 Å². The second-order valence-electron chi connectivity index (χ2n) is 17.4. The highest BCUT2D eigenvalue weighted by Gasteiger charge is 2.20. The highest BCUT2D eigenvalue weighted by molar-refractivity contribution is 5.76. The molecule has 0 aromatic heterocycles. The van der Waals surface area contributed by atoms with Gasteiger partial charge in [0.1, 0.15) is 0 Å². The van der Waals surface area contributed by atoms with Gasteiger partial charge < -0.3 is 20.6 Å². The SMILES string of the molecule is CCCCCCCCCCCC/C=C/C(O)C(CO)NC(=O)CC(O)CCCCCCCCCCCCCCCCCCCCCCCCCCCCCC. The third-order valence-corrected chi connectivity index (χ3v) is 11.8. The molecular weight excluding hydrogens is 679 g/mol. The molecule has 3 unspecified atom stereocenters. The summed E-state index contributed by atoms with van der Waals surface area (Å²) in [5.41, 5.74) is 0. The van der Waals surface area contributed by atoms with Gasteiger partial charge in [-0.15, -0.1) is 0 Å². The van der Waals surface area contributed by atoms with Crippen molar-refractivity contribution < 1.29 is 20.1 Å². The molecule has 1 amide bonds. The summed E-state index contributed by atoms with van der Waals surface area (Å²) in [6.45, 7) is 4.22. The van der Waals surface area contributed by atoms with Crippen LogP contribution in [0.2, 0.25) is 0 Å². The van der Waals surface area contributed by atoms with E-state index in [0.717, 1.165) is 25.7 Å². The Morgan fingerprint density at radius 2 is 0.745 bits per heavy atom. The topological polar surface area (TPSA) is 89.8 Å². The lowest BCUT2D eigenvalue weighted by Gasteiger charge is -2.21. The van der Waals surface area contributed by atoms with Crippen LogP contribution < -0.4 is 5.32 Å². The molecule has 328 valence electrons. The summed E-state index contributed by atoms with van der Waals surface area (Å²) in [6.07, 6.45) is 55.3. The predicted molar refractivity (Wildman–Crippen MR) is 241 cm³/mol. The molecule has 0 radical (unpaired) electrons. The van der Waals surface area contributed by atoms with Crippen molar-refractivity contribution in [1.82, 2.24) is 5.32 Å². The maximum atomic E-state index is 12.4. The number of hydrogen-bond donors (Lipinski definition) is 4. The first kappa shape index (κ1) is 54.1. The van der Waals surface area contributed by atoms with Gasteiger partial charge >= 0.3 is 0 Å². The molecule has 0 aliphatic carbocycles. The fourth-order valence-corrected chi connectivity index (χ4v) is 7.99. The number of unbranched alkanes of at least 4 members (excludes halogenated alkanes) is 37. The average molecular weight is 778 g/mol. The van der Waals surface area contributed by atoms with Crippen LogP contribution in [0.25, 0.3) is 0 Å². The van der Waals surface area contributed by atoms with Crippen LogP contribution in [0.4, 0.5) is 0 Å². The lowest BCUT2D eigenvalue weighted by Crippen LogP contribution is -2.45. The Morgan fingerprint density at radius 3 is 1.05 bits per heavy atom. The zero-order valence-corrected chi connectivity index (χ0v) is 37.3. The van der Waals surface area contributed by atoms with Gasteiger partial charge in [0.2, 0.25) is 5.91 Å². The molecule has 0 saturated heterocycles. The van der Waals surface area contributed by atoms with Gasteiger partial charge in [-0.3, -0.25) is 4.79 Å². The van der Waals surface area contributed by atoms with Gasteiger partial charge in [-0.2, -0.15) is 0 Å². The molecule has 0 saturated carbocycles. The Hall–Kier alpha value is -0.910. The van der Waals surface area contributed by atoms with Crippen molar-refractivity contribution in [3.8, 4) is 0 Å². The number of carbonyl (C=O) groups excluding carboxylic acids is 1. The zero-order valence-electron chi connectivity index (χ0n) is 37.3. The van der Waals surface area contributed by atoms with E-state index in [9.17, 15) is 20.1 Å². The Bertz CT molecular complexity index is 773. The van der Waals surface area contributed by atoms with Crippen molar-refractivity contribution in [2.75, 3.05) is 6.61 Å². The quantitative estimate of drug-likeness (QED) is 0.0366. The van der Waals surface area contributed by atoms with E-state index in [1.54, 1.807) is 6.08 Å². The number of allylic oxidation sites excluding steroid dienone is 1. The molecule has 55 heavy (non-hydrogen) atoms. The monoisotopic (exact) mass is 778 g/mol. The van der Waals surface area contributed by atoms with Crippen LogP contribution in [0, 0.1) is 0 Å². The van der Waals surface area contributed by atoms with Crippen molar-refractivity contribution in [3.63, 3.8) is 0 Å². The zero-order chi connectivity index (χ0) is 40.1. The predicted octanol–water partition coefficient (Wildman–Crippen LogP) is 14.8. The molecule has 0 fully saturated rings. The second kappa shape index (κ2) is 45.8. The summed E-state index contributed by atoms with van der Waals surface area (Å²) >= 11 is 0. The maximum absolute atomic E-state index is 12.4. The van der Waals surface area contributed by atoms with E-state index in [2.05, 4.69) is 19.2 Å². The van der Waals surface area contributed by atoms with Crippen molar-refractivity contribution in [1.29, 1.82) is 0 Å². The van der Waals surface area contributed by atoms with E-state index in [1.165, 1.54) is 225 Å². The number of rotatable bonds is 46. The number of aliphatic hydroxyl groups excluding tert-OH is 3. The molecule has 0 heterocycles. The smallest absolute Gasteiger partial charge is 0.222 e. The number of nitrogens with one attached hydrogen (secondary N) is 1. The van der Waals surface area contributed by atoms with Crippen LogP contribution in [0.1, 0.15) is 277 Å². The summed E-state index contributed by atoms with van der Waals surface area (Å²) < 4.78 is 0. The third kappa shape index (κ3) is 42.5. The molecule has 3 atom stereocenters. The molecule has 0 aromatic carbocycles. The van der Waals surface area contributed by atoms with E-state index in [1.807, 2.05) is 6.08 Å². The third-order valence-electron chi connectivity index (χ3n) is 11.8. The molecule has 5 heteroatoms. The van der Waals surface area contributed by atoms with Crippen LogP contribution in [0.15, 0.2) is 12.2 Å². The van der Waals surface area contributed by atoms with Crippen molar-refractivity contribution >= 4 is 5.91 Å². The Labute approximate surface area is 344 Å². The molecule has 0 spiro atoms. The molecule has 0 rings (SSSR count). The Kier molecular flexibility index (Phi) is 45.0. The summed E-state index contributed by atoms with van der Waals surface area (Å²) in [6, 6.07) is -0.739. The number of hydrogen-bond acceptors (Lipinski definition) is 4. The normalized spacial score (nSPS) is 13.5. The van der Waals surface area contributed by atoms with Gasteiger partial charge in [0, 0.05) is 0 Å². The molecule has 0 aromatic rings. The summed E-state index contributed by atoms with van der Waals surface area (Å²) in [7, 11) is 0. The summed E-state index contributed by atoms with van der Waals surface area (Å²) in [5, 5.41) is 33.2. The average Bonchev–Trinajstić information content (AvgIpc) is 3.18. The van der Waals surface area contributed by atoms with Crippen LogP contribution in [0.3, 0.4) is 0 Å². The first-order valence-electron chi connectivity index (χ1n) is 25.0. The van der Waals surface area contributed by atoms with Gasteiger partial charge in [0.15, 0.2) is 0 Å². The lowest BCUT2D eigenvalue weighted by atomic mass is 10.0. The van der Waals surface area contributed by atoms with E-state index in [4.69, 9.17) is 0 Å². The highest BCUT2D eigenvalue weighted by atomic mass is 16.3. The van der Waals surface area contributed by atoms with E-state index in [0.29, 0.717) is 6.42 Å². The number of aliphatic hydroxyl groups is 3. The largest absolute Gasteiger partial charge is 0.394 e. The van der Waals surface area contributed by atoms with Gasteiger partial charge in [-0.1, -0.05) is 264 Å². The molecule has 0 bridgehead atoms. The number of amides is 1. The van der Waals surface area contributed by atoms with Gasteiger partial charge in [0.05, 0.1) is 31.3 Å². The number of carbonyl (C=O) groups is 1. The molecule has 0 aliphatic heterocycles. The minimum atomic E-state index is -0.923. The Morgan fingerprint density at radius 1 is 0.455 bits per heavy atom. The van der Waals surface area contributed by atoms with Gasteiger partial charge in [-0.05, 0) is 19.3 Å². The minimum Gasteiger partial charge on any atom is -0.394 e. The maximum Gasteiger partial charge on any atom is 0.222 e. The van der Waals surface area contributed by atoms with E-state index < -0.39 is 18.2 Å². The van der Waals surface area contributed by atoms with Crippen LogP contribution in [-0.2, 0) is 4.79 Å². The lowest BCUT2D eigenvalue weighted by molar-refractivity contribution is -0.124. The molecule has 0 aliphatic rings. The van der Waals surface area contributed by atoms with Gasteiger partial charge in [-0.25, -0.2) is 0 Å². The molecule has 5 nitrogen and oxygen atoms in total. The summed E-state index contributed by atoms with van der Waals surface area (Å²) in [4.78, 5) is 12.4. The van der Waals surface area contributed by atoms with Crippen molar-refractivity contribution in [3.05, 3.63) is 12.2 Å². The Balaban J connectivity index is 3.49. The van der Waals surface area contributed by atoms with Crippen molar-refractivity contribution in [2.24, 2.45) is 0 Å².